The van der Waals surface area contributed by atoms with Gasteiger partial charge in [0.15, 0.2) is 0 Å². The summed E-state index contributed by atoms with van der Waals surface area (Å²) in [4.78, 5) is 4.79. The summed E-state index contributed by atoms with van der Waals surface area (Å²) in [5.41, 5.74) is 10.2. The summed E-state index contributed by atoms with van der Waals surface area (Å²) in [5.74, 6) is 6.85. The Morgan fingerprint density at radius 2 is 2.11 bits per heavy atom. The van der Waals surface area contributed by atoms with Crippen LogP contribution in [0.15, 0.2) is 30.4 Å². The number of nitrogens with zero attached hydrogens (tertiary/aromatic N) is 3. The number of pyridine rings is 1. The van der Waals surface area contributed by atoms with Gasteiger partial charge in [0.25, 0.3) is 0 Å². The Kier molecular flexibility index (Phi) is 7.65. The van der Waals surface area contributed by atoms with Crippen molar-refractivity contribution in [2.24, 2.45) is 17.5 Å². The van der Waals surface area contributed by atoms with Crippen molar-refractivity contribution in [3.8, 4) is 0 Å². The fourth-order valence-electron chi connectivity index (χ4n) is 3.15. The van der Waals surface area contributed by atoms with Gasteiger partial charge in [0.1, 0.15) is 0 Å². The predicted octanol–water partition coefficient (Wildman–Crippen LogP) is 2.01. The topological polar surface area (TPSA) is 102 Å². The molecule has 0 aliphatic rings. The van der Waals surface area contributed by atoms with E-state index in [1.807, 2.05) is 6.20 Å². The summed E-state index contributed by atoms with van der Waals surface area (Å²) in [6.07, 6.45) is 6.51. The second-order valence-electron chi connectivity index (χ2n) is 7.61. The number of aromatic nitrogens is 2. The molecule has 28 heavy (non-hydrogen) atoms. The molecule has 1 atom stereocenters. The van der Waals surface area contributed by atoms with Crippen LogP contribution in [-0.4, -0.2) is 45.8 Å². The van der Waals surface area contributed by atoms with Crippen LogP contribution in [0.2, 0.25) is 6.82 Å². The molecular formula is C20H32BN5O2. The van der Waals surface area contributed by atoms with Crippen molar-refractivity contribution in [3.05, 3.63) is 47.2 Å². The summed E-state index contributed by atoms with van der Waals surface area (Å²) in [6.45, 7) is 10.9. The van der Waals surface area contributed by atoms with E-state index in [1.54, 1.807) is 13.9 Å². The Balaban J connectivity index is 2.34. The number of aliphatic hydroxyl groups excluding tert-OH is 1. The monoisotopic (exact) mass is 385 g/mol. The summed E-state index contributed by atoms with van der Waals surface area (Å²) < 4.78 is 7.37. The van der Waals surface area contributed by atoms with Gasteiger partial charge in [-0.15, -0.1) is 0 Å². The quantitative estimate of drug-likeness (QED) is 0.347. The molecule has 2 aromatic heterocycles. The van der Waals surface area contributed by atoms with Crippen LogP contribution in [-0.2, 0) is 17.7 Å². The minimum atomic E-state index is 0.00134. The third-order valence-electron chi connectivity index (χ3n) is 4.60. The van der Waals surface area contributed by atoms with Gasteiger partial charge in [-0.3, -0.25) is 0 Å². The van der Waals surface area contributed by atoms with Gasteiger partial charge in [-0.1, -0.05) is 0 Å². The van der Waals surface area contributed by atoms with Crippen LogP contribution in [0.5, 0.6) is 0 Å². The van der Waals surface area contributed by atoms with Gasteiger partial charge in [0.05, 0.1) is 0 Å². The van der Waals surface area contributed by atoms with Gasteiger partial charge < -0.3 is 4.74 Å². The third-order valence-corrected chi connectivity index (χ3v) is 4.60. The number of methoxy groups -OCH3 is 1. The molecule has 5 N–H and O–H groups in total. The Morgan fingerprint density at radius 3 is 2.71 bits per heavy atom. The SMILES string of the molecule is CB=C(O)/C(N)=C/N(N)Cc1cn2cc(C(C)C)cc(CC(C)COC)c2n1. The number of nitrogens with two attached hydrogens (primary N) is 2. The molecule has 0 radical (unpaired) electrons. The van der Waals surface area contributed by atoms with Crippen molar-refractivity contribution in [1.82, 2.24) is 14.4 Å². The molecule has 0 bridgehead atoms. The van der Waals surface area contributed by atoms with Crippen molar-refractivity contribution >= 4 is 18.2 Å². The summed E-state index contributed by atoms with van der Waals surface area (Å²) in [6, 6.07) is 2.24. The number of aliphatic hydroxyl groups is 1. The first-order chi connectivity index (χ1) is 13.2. The molecule has 2 aromatic rings. The number of fused-ring (bicyclic) bond motifs is 1. The fraction of sp³-hybridized carbons (Fsp3) is 0.500. The van der Waals surface area contributed by atoms with Crippen molar-refractivity contribution in [3.63, 3.8) is 0 Å². The Hall–Kier alpha value is -2.32. The van der Waals surface area contributed by atoms with E-state index in [-0.39, 0.29) is 11.3 Å². The van der Waals surface area contributed by atoms with Gasteiger partial charge in [0, 0.05) is 7.11 Å². The fourth-order valence-corrected chi connectivity index (χ4v) is 3.15. The molecule has 0 spiro atoms. The first-order valence-electron chi connectivity index (χ1n) is 9.58. The second-order valence-corrected chi connectivity index (χ2v) is 7.61. The van der Waals surface area contributed by atoms with E-state index in [1.165, 1.54) is 29.3 Å². The van der Waals surface area contributed by atoms with E-state index in [4.69, 9.17) is 21.3 Å². The Labute approximate surface area is 167 Å². The number of rotatable bonds is 9. The molecule has 0 aliphatic heterocycles. The molecule has 2 rings (SSSR count). The molecule has 1 unspecified atom stereocenters. The Morgan fingerprint density at radius 1 is 1.39 bits per heavy atom. The predicted molar refractivity (Wildman–Crippen MR) is 115 cm³/mol. The van der Waals surface area contributed by atoms with E-state index >= 15 is 0 Å². The second kappa shape index (κ2) is 9.75. The van der Waals surface area contributed by atoms with Gasteiger partial charge in [0.2, 0.25) is 0 Å². The summed E-state index contributed by atoms with van der Waals surface area (Å²) in [7, 11) is 1.73. The zero-order chi connectivity index (χ0) is 20.8. The molecule has 0 saturated heterocycles. The molecule has 2 heterocycles. The van der Waals surface area contributed by atoms with Crippen LogP contribution < -0.4 is 11.6 Å². The number of imidazole rings is 1. The summed E-state index contributed by atoms with van der Waals surface area (Å²) >= 11 is 0. The maximum absolute atomic E-state index is 9.66. The zero-order valence-electron chi connectivity index (χ0n) is 17.5. The first kappa shape index (κ1) is 22.0. The molecular weight excluding hydrogens is 353 g/mol. The molecule has 7 nitrogen and oxygen atoms in total. The molecule has 0 aliphatic carbocycles. The number of hydrogen-bond donors (Lipinski definition) is 3. The molecule has 8 heteroatoms. The van der Waals surface area contributed by atoms with E-state index in [0.29, 0.717) is 25.0 Å². The van der Waals surface area contributed by atoms with Crippen LogP contribution in [0.3, 0.4) is 0 Å². The average Bonchev–Trinajstić information content (AvgIpc) is 3.03. The van der Waals surface area contributed by atoms with Crippen LogP contribution in [0, 0.1) is 5.92 Å². The van der Waals surface area contributed by atoms with E-state index in [2.05, 4.69) is 37.4 Å². The molecule has 0 amide bonds. The van der Waals surface area contributed by atoms with Crippen molar-refractivity contribution in [2.45, 2.75) is 46.5 Å². The van der Waals surface area contributed by atoms with Crippen LogP contribution in [0.25, 0.3) is 5.65 Å². The van der Waals surface area contributed by atoms with Crippen molar-refractivity contribution in [1.29, 1.82) is 0 Å². The average molecular weight is 385 g/mol. The van der Waals surface area contributed by atoms with Crippen LogP contribution >= 0.6 is 0 Å². The Bertz CT molecular complexity index is 860. The van der Waals surface area contributed by atoms with Gasteiger partial charge >= 0.3 is 155 Å². The van der Waals surface area contributed by atoms with Crippen molar-refractivity contribution < 1.29 is 9.84 Å². The normalized spacial score (nSPS) is 13.8. The van der Waals surface area contributed by atoms with E-state index in [9.17, 15) is 5.11 Å². The van der Waals surface area contributed by atoms with E-state index < -0.39 is 0 Å². The van der Waals surface area contributed by atoms with Gasteiger partial charge in [-0.2, -0.15) is 0 Å². The van der Waals surface area contributed by atoms with E-state index in [0.717, 1.165) is 17.8 Å². The molecule has 0 aromatic carbocycles. The van der Waals surface area contributed by atoms with Crippen molar-refractivity contribution in [2.75, 3.05) is 13.7 Å². The number of ether oxygens (including phenoxy) is 1. The van der Waals surface area contributed by atoms with Gasteiger partial charge in [-0.05, 0) is 0 Å². The third kappa shape index (κ3) is 5.59. The first-order valence-corrected chi connectivity index (χ1v) is 9.58. The van der Waals surface area contributed by atoms with Gasteiger partial charge in [-0.25, -0.2) is 0 Å². The molecule has 0 saturated carbocycles. The molecule has 0 fully saturated rings. The zero-order valence-corrected chi connectivity index (χ0v) is 17.5. The maximum atomic E-state index is 9.66. The van der Waals surface area contributed by atoms with Crippen LogP contribution in [0.1, 0.15) is 43.5 Å². The standard InChI is InChI=1S/C20H32BN5O2/c1-13(2)16-7-15(6-14(3)12-28-5)20-24-17(9-25(20)8-16)10-26(23)11-18(22)19(27)21-4/h7-9,11,13-14,27H,6,10,12,22-23H2,1-5H3/b18-11-. The number of hydrogen-bond acceptors (Lipinski definition) is 6. The summed E-state index contributed by atoms with van der Waals surface area (Å²) in [5, 5.41) is 11.1. The molecule has 152 valence electrons. The minimum absolute atomic E-state index is 0.00134. The van der Waals surface area contributed by atoms with Crippen LogP contribution in [0.4, 0.5) is 0 Å². The number of hydrazine groups is 1.